The summed E-state index contributed by atoms with van der Waals surface area (Å²) in [4.78, 5) is 16.4. The normalized spacial score (nSPS) is 42.6. The summed E-state index contributed by atoms with van der Waals surface area (Å²) < 4.78 is 5.35. The summed E-state index contributed by atoms with van der Waals surface area (Å²) in [6.07, 6.45) is 1.80. The van der Waals surface area contributed by atoms with E-state index in [0.717, 1.165) is 45.6 Å². The van der Waals surface area contributed by atoms with E-state index in [1.54, 1.807) is 0 Å². The van der Waals surface area contributed by atoms with Crippen LogP contribution in [0.25, 0.3) is 0 Å². The number of fused-ring (bicyclic) bond motifs is 2. The molecule has 3 unspecified atom stereocenters. The highest BCUT2D eigenvalue weighted by Gasteiger charge is 2.55. The molecule has 0 aliphatic carbocycles. The maximum Gasteiger partial charge on any atom is 0.324 e. The van der Waals surface area contributed by atoms with Crippen LogP contribution in [0.4, 0.5) is 0 Å². The van der Waals surface area contributed by atoms with Crippen molar-refractivity contribution >= 4 is 5.97 Å². The average molecular weight is 240 g/mol. The molecule has 3 fully saturated rings. The number of morpholine rings is 1. The van der Waals surface area contributed by atoms with Crippen LogP contribution in [0, 0.1) is 5.92 Å². The largest absolute Gasteiger partial charge is 0.480 e. The monoisotopic (exact) mass is 240 g/mol. The first-order valence-corrected chi connectivity index (χ1v) is 6.52. The summed E-state index contributed by atoms with van der Waals surface area (Å²) in [6.45, 7) is 5.84. The molecule has 5 nitrogen and oxygen atoms in total. The molecule has 0 amide bonds. The first-order chi connectivity index (χ1) is 8.23. The van der Waals surface area contributed by atoms with E-state index in [4.69, 9.17) is 4.74 Å². The van der Waals surface area contributed by atoms with Crippen molar-refractivity contribution in [3.05, 3.63) is 0 Å². The van der Waals surface area contributed by atoms with Crippen LogP contribution in [0.5, 0.6) is 0 Å². The van der Waals surface area contributed by atoms with Gasteiger partial charge in [-0.3, -0.25) is 9.69 Å². The first kappa shape index (κ1) is 11.4. The number of piperidine rings is 1. The van der Waals surface area contributed by atoms with Crippen LogP contribution in [0.3, 0.4) is 0 Å². The number of nitrogens with zero attached hydrogens (tertiary/aromatic N) is 2. The molecule has 0 aromatic heterocycles. The lowest BCUT2D eigenvalue weighted by molar-refractivity contribution is -0.163. The van der Waals surface area contributed by atoms with E-state index in [0.29, 0.717) is 19.1 Å². The van der Waals surface area contributed by atoms with Crippen LogP contribution in [0.15, 0.2) is 0 Å². The zero-order valence-electron chi connectivity index (χ0n) is 10.1. The third-order valence-corrected chi connectivity index (χ3v) is 4.70. The van der Waals surface area contributed by atoms with E-state index in [2.05, 4.69) is 9.80 Å². The van der Waals surface area contributed by atoms with Crippen LogP contribution in [-0.4, -0.2) is 72.4 Å². The SMILES string of the molecule is O=C(O)C1(N2CCOCC2)CCN2CCC1C2. The van der Waals surface area contributed by atoms with Crippen molar-refractivity contribution in [1.29, 1.82) is 0 Å². The van der Waals surface area contributed by atoms with Gasteiger partial charge in [-0.25, -0.2) is 0 Å². The van der Waals surface area contributed by atoms with Gasteiger partial charge in [-0.05, 0) is 19.4 Å². The number of hydrogen-bond acceptors (Lipinski definition) is 4. The molecular formula is C12H20N2O3. The number of carboxylic acids is 1. The summed E-state index contributed by atoms with van der Waals surface area (Å²) in [7, 11) is 0. The van der Waals surface area contributed by atoms with Crippen molar-refractivity contribution in [1.82, 2.24) is 9.80 Å². The van der Waals surface area contributed by atoms with Crippen LogP contribution in [0.1, 0.15) is 12.8 Å². The predicted octanol–water partition coefficient (Wildman–Crippen LogP) is -0.132. The summed E-state index contributed by atoms with van der Waals surface area (Å²) >= 11 is 0. The zero-order valence-corrected chi connectivity index (χ0v) is 10.1. The molecule has 3 aliphatic heterocycles. The highest BCUT2D eigenvalue weighted by atomic mass is 16.5. The van der Waals surface area contributed by atoms with Gasteiger partial charge in [0.15, 0.2) is 0 Å². The van der Waals surface area contributed by atoms with E-state index in [1.165, 1.54) is 0 Å². The topological polar surface area (TPSA) is 53.0 Å². The average Bonchev–Trinajstić information content (AvgIpc) is 2.74. The molecule has 3 heterocycles. The Hall–Kier alpha value is -0.650. The highest BCUT2D eigenvalue weighted by Crippen LogP contribution is 2.40. The molecule has 3 rings (SSSR count). The second-order valence-corrected chi connectivity index (χ2v) is 5.37. The molecule has 3 aliphatic rings. The molecule has 0 aromatic rings. The number of rotatable bonds is 2. The lowest BCUT2D eigenvalue weighted by Crippen LogP contribution is -2.65. The Morgan fingerprint density at radius 3 is 2.71 bits per heavy atom. The summed E-state index contributed by atoms with van der Waals surface area (Å²) in [5, 5.41) is 9.76. The fourth-order valence-corrected chi connectivity index (χ4v) is 3.75. The summed E-state index contributed by atoms with van der Waals surface area (Å²) in [6, 6.07) is 0. The van der Waals surface area contributed by atoms with Crippen LogP contribution in [-0.2, 0) is 9.53 Å². The van der Waals surface area contributed by atoms with E-state index in [9.17, 15) is 9.90 Å². The second kappa shape index (κ2) is 4.23. The third kappa shape index (κ3) is 1.68. The van der Waals surface area contributed by atoms with Gasteiger partial charge in [0.2, 0.25) is 0 Å². The van der Waals surface area contributed by atoms with Gasteiger partial charge in [-0.1, -0.05) is 0 Å². The van der Waals surface area contributed by atoms with Gasteiger partial charge in [-0.15, -0.1) is 0 Å². The Kier molecular flexibility index (Phi) is 2.84. The van der Waals surface area contributed by atoms with Gasteiger partial charge < -0.3 is 14.7 Å². The summed E-state index contributed by atoms with van der Waals surface area (Å²) in [5.41, 5.74) is -0.614. The van der Waals surface area contributed by atoms with Crippen molar-refractivity contribution in [2.45, 2.75) is 18.4 Å². The Balaban J connectivity index is 1.88. The zero-order chi connectivity index (χ0) is 11.9. The molecular weight excluding hydrogens is 220 g/mol. The lowest BCUT2D eigenvalue weighted by atomic mass is 9.77. The number of carboxylic acid groups (broad SMARTS) is 1. The Bertz CT molecular complexity index is 317. The molecule has 0 spiro atoms. The fraction of sp³-hybridized carbons (Fsp3) is 0.917. The molecule has 1 N–H and O–H groups in total. The Morgan fingerprint density at radius 1 is 1.24 bits per heavy atom. The van der Waals surface area contributed by atoms with Gasteiger partial charge >= 0.3 is 5.97 Å². The second-order valence-electron chi connectivity index (χ2n) is 5.37. The number of ether oxygens (including phenoxy) is 1. The molecule has 2 bridgehead atoms. The Morgan fingerprint density at radius 2 is 2.00 bits per heavy atom. The van der Waals surface area contributed by atoms with Crippen molar-refractivity contribution < 1.29 is 14.6 Å². The van der Waals surface area contributed by atoms with Crippen molar-refractivity contribution in [2.75, 3.05) is 45.9 Å². The minimum absolute atomic E-state index is 0.298. The number of hydrogen-bond donors (Lipinski definition) is 1. The standard InChI is InChI=1S/C12H20N2O3/c15-11(16)12(14-5-7-17-8-6-14)2-4-13-3-1-10(12)9-13/h10H,1-9H2,(H,15,16). The van der Waals surface area contributed by atoms with Crippen LogP contribution < -0.4 is 0 Å². The molecule has 0 radical (unpaired) electrons. The minimum Gasteiger partial charge on any atom is -0.480 e. The van der Waals surface area contributed by atoms with Crippen molar-refractivity contribution in [3.63, 3.8) is 0 Å². The van der Waals surface area contributed by atoms with Gasteiger partial charge in [0, 0.05) is 32.1 Å². The number of aliphatic carboxylic acids is 1. The first-order valence-electron chi connectivity index (χ1n) is 6.52. The van der Waals surface area contributed by atoms with E-state index in [-0.39, 0.29) is 0 Å². The van der Waals surface area contributed by atoms with Crippen molar-refractivity contribution in [2.24, 2.45) is 5.92 Å². The lowest BCUT2D eigenvalue weighted by Gasteiger charge is -2.48. The molecule has 3 atom stereocenters. The van der Waals surface area contributed by atoms with Gasteiger partial charge in [0.25, 0.3) is 0 Å². The maximum absolute atomic E-state index is 11.9. The quantitative estimate of drug-likeness (QED) is 0.728. The van der Waals surface area contributed by atoms with Crippen LogP contribution >= 0.6 is 0 Å². The molecule has 0 aromatic carbocycles. The number of carbonyl (C=O) groups is 1. The fourth-order valence-electron chi connectivity index (χ4n) is 3.75. The minimum atomic E-state index is -0.619. The molecule has 0 saturated carbocycles. The van der Waals surface area contributed by atoms with Gasteiger partial charge in [0.1, 0.15) is 5.54 Å². The highest BCUT2D eigenvalue weighted by molar-refractivity contribution is 5.79. The maximum atomic E-state index is 11.9. The molecule has 17 heavy (non-hydrogen) atoms. The Labute approximate surface area is 101 Å². The summed E-state index contributed by atoms with van der Waals surface area (Å²) in [5.74, 6) is -0.321. The van der Waals surface area contributed by atoms with Crippen LogP contribution in [0.2, 0.25) is 0 Å². The molecule has 3 saturated heterocycles. The van der Waals surface area contributed by atoms with E-state index in [1.807, 2.05) is 0 Å². The van der Waals surface area contributed by atoms with Gasteiger partial charge in [-0.2, -0.15) is 0 Å². The van der Waals surface area contributed by atoms with Crippen molar-refractivity contribution in [3.8, 4) is 0 Å². The van der Waals surface area contributed by atoms with E-state index >= 15 is 0 Å². The third-order valence-electron chi connectivity index (χ3n) is 4.70. The molecule has 5 heteroatoms. The van der Waals surface area contributed by atoms with E-state index < -0.39 is 11.5 Å². The molecule has 96 valence electrons. The predicted molar refractivity (Wildman–Crippen MR) is 61.9 cm³/mol. The smallest absolute Gasteiger partial charge is 0.324 e. The van der Waals surface area contributed by atoms with Gasteiger partial charge in [0.05, 0.1) is 13.2 Å².